The largest absolute Gasteiger partial charge is 0.357 e. The lowest BCUT2D eigenvalue weighted by Gasteiger charge is -2.24. The lowest BCUT2D eigenvalue weighted by atomic mass is 10.3. The van der Waals surface area contributed by atoms with Gasteiger partial charge < -0.3 is 10.6 Å². The van der Waals surface area contributed by atoms with E-state index in [9.17, 15) is 9.59 Å². The summed E-state index contributed by atoms with van der Waals surface area (Å²) in [5.74, 6) is -0.00788. The number of carbonyl (C=O) groups is 2. The number of thiol groups is 1. The fourth-order valence-electron chi connectivity index (χ4n) is 1.63. The number of carbonyl (C=O) groups excluding carboxylic acids is 2. The summed E-state index contributed by atoms with van der Waals surface area (Å²) in [6, 6.07) is 0.692. The van der Waals surface area contributed by atoms with Crippen molar-refractivity contribution in [2.75, 3.05) is 11.9 Å². The second-order valence-corrected chi connectivity index (χ2v) is 11.0. The van der Waals surface area contributed by atoms with Gasteiger partial charge >= 0.3 is 0 Å². The van der Waals surface area contributed by atoms with E-state index in [-0.39, 0.29) is 11.8 Å². The fraction of sp³-hybridized carbons (Fsp3) is 0.833. The van der Waals surface area contributed by atoms with Crippen LogP contribution in [0.25, 0.3) is 0 Å². The second-order valence-electron chi connectivity index (χ2n) is 5.42. The molecule has 0 radical (unpaired) electrons. The molecule has 1 unspecified atom stereocenters. The molecule has 1 atom stereocenters. The quantitative estimate of drug-likeness (QED) is 0.469. The Hall–Kier alpha value is -0.493. The third-order valence-corrected chi connectivity index (χ3v) is 6.03. The first-order valence-electron chi connectivity index (χ1n) is 6.48. The van der Waals surface area contributed by atoms with Crippen LogP contribution in [0.1, 0.15) is 26.7 Å². The summed E-state index contributed by atoms with van der Waals surface area (Å²) in [6.07, 6.45) is 3.17. The van der Waals surface area contributed by atoms with Gasteiger partial charge in [-0.05, 0) is 0 Å². The standard InChI is InChI=1S/C12H26N2O2SSi/c1-5-6-7-18(3,4)9-13-12(16)11(8-17)14-10(2)15/h11,17H,5-9H2,1-4H3,(H,13,16)(H,14,15). The van der Waals surface area contributed by atoms with Crippen molar-refractivity contribution >= 4 is 32.5 Å². The van der Waals surface area contributed by atoms with Crippen LogP contribution in [-0.2, 0) is 9.59 Å². The zero-order chi connectivity index (χ0) is 14.2. The summed E-state index contributed by atoms with van der Waals surface area (Å²) in [5.41, 5.74) is 0. The molecule has 0 heterocycles. The van der Waals surface area contributed by atoms with Crippen LogP contribution in [0, 0.1) is 0 Å². The maximum Gasteiger partial charge on any atom is 0.243 e. The number of hydrogen-bond acceptors (Lipinski definition) is 3. The van der Waals surface area contributed by atoms with E-state index in [1.807, 2.05) is 0 Å². The van der Waals surface area contributed by atoms with Crippen LogP contribution in [0.15, 0.2) is 0 Å². The van der Waals surface area contributed by atoms with Crippen molar-refractivity contribution in [1.82, 2.24) is 10.6 Å². The third-order valence-electron chi connectivity index (χ3n) is 2.82. The van der Waals surface area contributed by atoms with Gasteiger partial charge in [0.15, 0.2) is 0 Å². The molecule has 0 saturated carbocycles. The van der Waals surface area contributed by atoms with E-state index >= 15 is 0 Å². The maximum absolute atomic E-state index is 11.9. The molecule has 0 aromatic rings. The Balaban J connectivity index is 4.17. The fourth-order valence-corrected chi connectivity index (χ4v) is 4.03. The van der Waals surface area contributed by atoms with Crippen LogP contribution in [0.5, 0.6) is 0 Å². The molecule has 0 rings (SSSR count). The second kappa shape index (κ2) is 8.58. The molecule has 0 bridgehead atoms. The van der Waals surface area contributed by atoms with Crippen LogP contribution < -0.4 is 10.6 Å². The monoisotopic (exact) mass is 290 g/mol. The van der Waals surface area contributed by atoms with Gasteiger partial charge in [0.25, 0.3) is 0 Å². The topological polar surface area (TPSA) is 58.2 Å². The minimum absolute atomic E-state index is 0.128. The van der Waals surface area contributed by atoms with Gasteiger partial charge in [-0.2, -0.15) is 12.6 Å². The number of nitrogens with one attached hydrogen (secondary N) is 2. The molecule has 18 heavy (non-hydrogen) atoms. The van der Waals surface area contributed by atoms with Crippen molar-refractivity contribution in [2.24, 2.45) is 0 Å². The highest BCUT2D eigenvalue weighted by molar-refractivity contribution is 7.80. The Morgan fingerprint density at radius 2 is 1.94 bits per heavy atom. The van der Waals surface area contributed by atoms with Crippen molar-refractivity contribution in [2.45, 2.75) is 51.9 Å². The highest BCUT2D eigenvalue weighted by Gasteiger charge is 2.23. The van der Waals surface area contributed by atoms with Crippen LogP contribution in [0.4, 0.5) is 0 Å². The molecule has 0 aromatic carbocycles. The molecule has 0 saturated heterocycles. The van der Waals surface area contributed by atoms with Crippen molar-refractivity contribution < 1.29 is 9.59 Å². The molecule has 106 valence electrons. The van der Waals surface area contributed by atoms with E-state index in [1.54, 1.807) is 0 Å². The number of unbranched alkanes of at least 4 members (excludes halogenated alkanes) is 1. The molecule has 0 aliphatic carbocycles. The summed E-state index contributed by atoms with van der Waals surface area (Å²) in [4.78, 5) is 22.8. The Kier molecular flexibility index (Phi) is 8.35. The molecule has 0 aliphatic heterocycles. The van der Waals surface area contributed by atoms with E-state index in [0.717, 1.165) is 6.17 Å². The average Bonchev–Trinajstić information content (AvgIpc) is 2.30. The molecule has 0 aliphatic rings. The molecule has 4 nitrogen and oxygen atoms in total. The maximum atomic E-state index is 11.9. The van der Waals surface area contributed by atoms with Gasteiger partial charge in [-0.15, -0.1) is 0 Å². The lowest BCUT2D eigenvalue weighted by molar-refractivity contribution is -0.127. The predicted molar refractivity (Wildman–Crippen MR) is 81.7 cm³/mol. The predicted octanol–water partition coefficient (Wildman–Crippen LogP) is 1.58. The first-order chi connectivity index (χ1) is 8.32. The van der Waals surface area contributed by atoms with Gasteiger partial charge in [-0.3, -0.25) is 9.59 Å². The third kappa shape index (κ3) is 7.76. The number of hydrogen-bond donors (Lipinski definition) is 3. The number of rotatable bonds is 8. The van der Waals surface area contributed by atoms with Crippen LogP contribution in [0.2, 0.25) is 19.1 Å². The highest BCUT2D eigenvalue weighted by atomic mass is 32.1. The van der Waals surface area contributed by atoms with Crippen molar-refractivity contribution in [3.63, 3.8) is 0 Å². The van der Waals surface area contributed by atoms with Crippen LogP contribution in [-0.4, -0.2) is 37.9 Å². The smallest absolute Gasteiger partial charge is 0.243 e. The molecule has 0 fully saturated rings. The average molecular weight is 291 g/mol. The Morgan fingerprint density at radius 3 is 2.39 bits per heavy atom. The summed E-state index contributed by atoms with van der Waals surface area (Å²) >= 11 is 4.09. The Morgan fingerprint density at radius 1 is 1.33 bits per heavy atom. The normalized spacial score (nSPS) is 12.9. The van der Waals surface area contributed by atoms with E-state index in [0.29, 0.717) is 5.75 Å². The molecular formula is C12H26N2O2SSi. The van der Waals surface area contributed by atoms with Gasteiger partial charge in [0, 0.05) is 18.8 Å². The lowest BCUT2D eigenvalue weighted by Crippen LogP contribution is -2.51. The molecule has 2 N–H and O–H groups in total. The van der Waals surface area contributed by atoms with Gasteiger partial charge in [0.05, 0.1) is 8.07 Å². The summed E-state index contributed by atoms with van der Waals surface area (Å²) in [5, 5.41) is 5.54. The van der Waals surface area contributed by atoms with Crippen LogP contribution >= 0.6 is 12.6 Å². The van der Waals surface area contributed by atoms with E-state index in [2.05, 4.69) is 43.3 Å². The number of amides is 2. The SMILES string of the molecule is CCCC[Si](C)(C)CNC(=O)C(CS)NC(C)=O. The van der Waals surface area contributed by atoms with Gasteiger partial charge in [-0.25, -0.2) is 0 Å². The molecule has 6 heteroatoms. The Labute approximate surface area is 117 Å². The molecule has 0 spiro atoms. The zero-order valence-electron chi connectivity index (χ0n) is 11.9. The highest BCUT2D eigenvalue weighted by Crippen LogP contribution is 2.12. The van der Waals surface area contributed by atoms with Gasteiger partial charge in [0.2, 0.25) is 11.8 Å². The summed E-state index contributed by atoms with van der Waals surface area (Å²) in [6.45, 7) is 8.13. The van der Waals surface area contributed by atoms with Crippen molar-refractivity contribution in [3.05, 3.63) is 0 Å². The summed E-state index contributed by atoms with van der Waals surface area (Å²) in [7, 11) is -1.36. The molecular weight excluding hydrogens is 264 g/mol. The van der Waals surface area contributed by atoms with E-state index in [4.69, 9.17) is 0 Å². The zero-order valence-corrected chi connectivity index (χ0v) is 13.8. The minimum atomic E-state index is -1.36. The van der Waals surface area contributed by atoms with Gasteiger partial charge in [-0.1, -0.05) is 38.9 Å². The van der Waals surface area contributed by atoms with E-state index in [1.165, 1.54) is 25.8 Å². The van der Waals surface area contributed by atoms with Crippen LogP contribution in [0.3, 0.4) is 0 Å². The van der Waals surface area contributed by atoms with Crippen molar-refractivity contribution in [1.29, 1.82) is 0 Å². The Bertz CT molecular complexity index is 285. The minimum Gasteiger partial charge on any atom is -0.357 e. The summed E-state index contributed by atoms with van der Waals surface area (Å²) < 4.78 is 0. The molecule has 2 amide bonds. The molecule has 0 aromatic heterocycles. The van der Waals surface area contributed by atoms with Crippen molar-refractivity contribution in [3.8, 4) is 0 Å². The van der Waals surface area contributed by atoms with Gasteiger partial charge in [0.1, 0.15) is 6.04 Å². The first-order valence-corrected chi connectivity index (χ1v) is 10.5. The van der Waals surface area contributed by atoms with E-state index < -0.39 is 14.1 Å². The first kappa shape index (κ1) is 17.5.